The van der Waals surface area contributed by atoms with Crippen molar-refractivity contribution in [3.8, 4) is 11.5 Å². The maximum Gasteiger partial charge on any atom is 0.326 e. The molecule has 0 unspecified atom stereocenters. The second-order valence-electron chi connectivity index (χ2n) is 7.33. The number of carboxylic acids is 1. The monoisotopic (exact) mass is 437 g/mol. The van der Waals surface area contributed by atoms with Crippen LogP contribution in [0.1, 0.15) is 25.3 Å². The van der Waals surface area contributed by atoms with Crippen LogP contribution in [0, 0.1) is 0 Å². The van der Waals surface area contributed by atoms with Gasteiger partial charge in [-0.05, 0) is 44.0 Å². The SMILES string of the molecule is C=C(C)CC[C@@H](Nc1nc(NCc2ccc(OC)cc2OC)nc2cccnc12)C(=O)O. The summed E-state index contributed by atoms with van der Waals surface area (Å²) in [6, 6.07) is 8.28. The number of carboxylic acid groups (broad SMARTS) is 1. The van der Waals surface area contributed by atoms with E-state index in [-0.39, 0.29) is 0 Å². The highest BCUT2D eigenvalue weighted by atomic mass is 16.5. The van der Waals surface area contributed by atoms with Crippen molar-refractivity contribution in [3.63, 3.8) is 0 Å². The number of allylic oxidation sites excluding steroid dienone is 1. The Morgan fingerprint density at radius 2 is 2.03 bits per heavy atom. The van der Waals surface area contributed by atoms with E-state index < -0.39 is 12.0 Å². The highest BCUT2D eigenvalue weighted by Gasteiger charge is 2.20. The molecule has 32 heavy (non-hydrogen) atoms. The maximum absolute atomic E-state index is 11.8. The predicted molar refractivity (Wildman–Crippen MR) is 123 cm³/mol. The van der Waals surface area contributed by atoms with Crippen molar-refractivity contribution in [1.29, 1.82) is 0 Å². The minimum atomic E-state index is -0.966. The maximum atomic E-state index is 11.8. The van der Waals surface area contributed by atoms with E-state index >= 15 is 0 Å². The van der Waals surface area contributed by atoms with Crippen molar-refractivity contribution in [1.82, 2.24) is 15.0 Å². The average molecular weight is 438 g/mol. The summed E-state index contributed by atoms with van der Waals surface area (Å²) in [7, 11) is 3.19. The number of benzene rings is 1. The van der Waals surface area contributed by atoms with Crippen molar-refractivity contribution in [2.24, 2.45) is 0 Å². The Balaban J connectivity index is 1.87. The molecule has 0 amide bonds. The Morgan fingerprint density at radius 1 is 1.22 bits per heavy atom. The highest BCUT2D eigenvalue weighted by Crippen LogP contribution is 2.26. The third-order valence-electron chi connectivity index (χ3n) is 4.85. The van der Waals surface area contributed by atoms with Gasteiger partial charge in [-0.3, -0.25) is 4.98 Å². The predicted octanol–water partition coefficient (Wildman–Crippen LogP) is 3.88. The Labute approximate surface area is 186 Å². The van der Waals surface area contributed by atoms with E-state index in [2.05, 4.69) is 32.2 Å². The van der Waals surface area contributed by atoms with E-state index in [1.54, 1.807) is 38.6 Å². The molecule has 1 atom stereocenters. The summed E-state index contributed by atoms with van der Waals surface area (Å²) in [4.78, 5) is 25.1. The Hall–Kier alpha value is -3.88. The molecule has 0 fully saturated rings. The fraction of sp³-hybridized carbons (Fsp3) is 0.304. The zero-order chi connectivity index (χ0) is 23.1. The Morgan fingerprint density at radius 3 is 2.72 bits per heavy atom. The second kappa shape index (κ2) is 10.4. The number of aromatic nitrogens is 3. The molecule has 0 saturated carbocycles. The van der Waals surface area contributed by atoms with Gasteiger partial charge in [-0.1, -0.05) is 5.57 Å². The van der Waals surface area contributed by atoms with Gasteiger partial charge in [-0.25, -0.2) is 9.78 Å². The molecular weight excluding hydrogens is 410 g/mol. The van der Waals surface area contributed by atoms with Crippen molar-refractivity contribution in [3.05, 3.63) is 54.2 Å². The van der Waals surface area contributed by atoms with Gasteiger partial charge in [0.1, 0.15) is 23.1 Å². The van der Waals surface area contributed by atoms with Crippen LogP contribution in [0.25, 0.3) is 11.0 Å². The largest absolute Gasteiger partial charge is 0.497 e. The number of ether oxygens (including phenoxy) is 2. The lowest BCUT2D eigenvalue weighted by atomic mass is 10.1. The normalized spacial score (nSPS) is 11.6. The lowest BCUT2D eigenvalue weighted by Gasteiger charge is -2.17. The topological polar surface area (TPSA) is 118 Å². The lowest BCUT2D eigenvalue weighted by molar-refractivity contribution is -0.138. The molecule has 9 heteroatoms. The van der Waals surface area contributed by atoms with Crippen molar-refractivity contribution in [2.75, 3.05) is 24.9 Å². The number of fused-ring (bicyclic) bond motifs is 1. The van der Waals surface area contributed by atoms with Crippen molar-refractivity contribution < 1.29 is 19.4 Å². The number of carbonyl (C=O) groups is 1. The summed E-state index contributed by atoms with van der Waals surface area (Å²) in [5.41, 5.74) is 2.90. The number of pyridine rings is 1. The first-order valence-electron chi connectivity index (χ1n) is 10.1. The molecule has 0 bridgehead atoms. The van der Waals surface area contributed by atoms with Gasteiger partial charge in [0.15, 0.2) is 5.82 Å². The van der Waals surface area contributed by atoms with E-state index in [1.807, 2.05) is 19.1 Å². The molecule has 0 aliphatic rings. The summed E-state index contributed by atoms with van der Waals surface area (Å²) in [5.74, 6) is 1.10. The van der Waals surface area contributed by atoms with Crippen molar-refractivity contribution >= 4 is 28.8 Å². The van der Waals surface area contributed by atoms with Gasteiger partial charge in [0, 0.05) is 24.4 Å². The third kappa shape index (κ3) is 5.63. The number of aliphatic carboxylic acids is 1. The van der Waals surface area contributed by atoms with E-state index in [0.29, 0.717) is 53.7 Å². The van der Waals surface area contributed by atoms with Crippen LogP contribution in [0.4, 0.5) is 11.8 Å². The van der Waals surface area contributed by atoms with Crippen LogP contribution in [0.5, 0.6) is 11.5 Å². The van der Waals surface area contributed by atoms with Crippen LogP contribution in [-0.2, 0) is 11.3 Å². The van der Waals surface area contributed by atoms with Gasteiger partial charge >= 0.3 is 5.97 Å². The summed E-state index contributed by atoms with van der Waals surface area (Å²) >= 11 is 0. The summed E-state index contributed by atoms with van der Waals surface area (Å²) < 4.78 is 10.7. The molecule has 0 spiro atoms. The molecule has 3 rings (SSSR count). The number of anilines is 2. The first-order valence-corrected chi connectivity index (χ1v) is 10.1. The van der Waals surface area contributed by atoms with Gasteiger partial charge < -0.3 is 25.2 Å². The number of hydrogen-bond acceptors (Lipinski definition) is 8. The molecule has 0 saturated heterocycles. The fourth-order valence-corrected chi connectivity index (χ4v) is 3.13. The molecule has 2 heterocycles. The zero-order valence-electron chi connectivity index (χ0n) is 18.4. The second-order valence-corrected chi connectivity index (χ2v) is 7.33. The molecule has 0 aliphatic carbocycles. The fourth-order valence-electron chi connectivity index (χ4n) is 3.13. The minimum absolute atomic E-state index is 0.343. The molecule has 2 aromatic heterocycles. The molecule has 3 aromatic rings. The quantitative estimate of drug-likeness (QED) is 0.384. The number of methoxy groups -OCH3 is 2. The first kappa shape index (κ1) is 22.8. The number of hydrogen-bond donors (Lipinski definition) is 3. The number of nitrogens with one attached hydrogen (secondary N) is 2. The van der Waals surface area contributed by atoms with Crippen LogP contribution in [0.3, 0.4) is 0 Å². The van der Waals surface area contributed by atoms with Crippen LogP contribution >= 0.6 is 0 Å². The summed E-state index contributed by atoms with van der Waals surface area (Å²) in [6.45, 7) is 6.12. The third-order valence-corrected chi connectivity index (χ3v) is 4.85. The Bertz CT molecular complexity index is 1120. The molecule has 9 nitrogen and oxygen atoms in total. The molecule has 168 valence electrons. The van der Waals surface area contributed by atoms with E-state index in [1.165, 1.54) is 0 Å². The molecule has 3 N–H and O–H groups in total. The average Bonchev–Trinajstić information content (AvgIpc) is 2.79. The smallest absolute Gasteiger partial charge is 0.326 e. The molecule has 1 aromatic carbocycles. The Kier molecular flexibility index (Phi) is 7.43. The van der Waals surface area contributed by atoms with E-state index in [4.69, 9.17) is 9.47 Å². The first-order chi connectivity index (χ1) is 15.4. The van der Waals surface area contributed by atoms with Gasteiger partial charge in [0.2, 0.25) is 5.95 Å². The summed E-state index contributed by atoms with van der Waals surface area (Å²) in [6.07, 6.45) is 2.59. The standard InChI is InChI=1S/C23H27N5O4/c1-14(2)7-10-18(22(29)30)26-21-20-17(6-5-11-24-20)27-23(28-21)25-13-15-8-9-16(31-3)12-19(15)32-4/h5-6,8-9,11-12,18H,1,7,10,13H2,2-4H3,(H,29,30)(H2,25,26,27,28)/t18-/m1/s1. The molecule has 0 radical (unpaired) electrons. The summed E-state index contributed by atoms with van der Waals surface area (Å²) in [5, 5.41) is 15.8. The van der Waals surface area contributed by atoms with Gasteiger partial charge in [0.25, 0.3) is 0 Å². The molecular formula is C23H27N5O4. The van der Waals surface area contributed by atoms with Gasteiger partial charge in [0.05, 0.1) is 19.7 Å². The van der Waals surface area contributed by atoms with Crippen LogP contribution in [-0.4, -0.2) is 46.3 Å². The van der Waals surface area contributed by atoms with Crippen LogP contribution < -0.4 is 20.1 Å². The zero-order valence-corrected chi connectivity index (χ0v) is 18.4. The van der Waals surface area contributed by atoms with Crippen LogP contribution in [0.15, 0.2) is 48.7 Å². The minimum Gasteiger partial charge on any atom is -0.497 e. The van der Waals surface area contributed by atoms with Crippen molar-refractivity contribution in [2.45, 2.75) is 32.4 Å². The lowest BCUT2D eigenvalue weighted by Crippen LogP contribution is -2.30. The van der Waals surface area contributed by atoms with Gasteiger partial charge in [-0.2, -0.15) is 4.98 Å². The number of nitrogens with zero attached hydrogens (tertiary/aromatic N) is 3. The number of rotatable bonds is 11. The highest BCUT2D eigenvalue weighted by molar-refractivity contribution is 5.88. The van der Waals surface area contributed by atoms with E-state index in [9.17, 15) is 9.90 Å². The van der Waals surface area contributed by atoms with E-state index in [0.717, 1.165) is 11.1 Å². The van der Waals surface area contributed by atoms with Gasteiger partial charge in [-0.15, -0.1) is 6.58 Å². The molecule has 0 aliphatic heterocycles. The van der Waals surface area contributed by atoms with Crippen LogP contribution in [0.2, 0.25) is 0 Å².